The number of carbonyl (C=O) groups excluding carboxylic acids is 1. The second-order valence-corrected chi connectivity index (χ2v) is 3.38. The van der Waals surface area contributed by atoms with E-state index < -0.39 is 0 Å². The van der Waals surface area contributed by atoms with Crippen molar-refractivity contribution in [3.8, 4) is 5.88 Å². The number of ether oxygens (including phenoxy) is 1. The fourth-order valence-corrected chi connectivity index (χ4v) is 1.28. The predicted octanol–water partition coefficient (Wildman–Crippen LogP) is 1.11. The van der Waals surface area contributed by atoms with Gasteiger partial charge in [-0.2, -0.15) is 10.1 Å². The van der Waals surface area contributed by atoms with E-state index in [1.165, 1.54) is 25.6 Å². The van der Waals surface area contributed by atoms with Crippen molar-refractivity contribution in [2.75, 3.05) is 12.4 Å². The molecule has 0 aliphatic carbocycles. The van der Waals surface area contributed by atoms with Crippen LogP contribution in [-0.4, -0.2) is 33.2 Å². The third-order valence-corrected chi connectivity index (χ3v) is 2.06. The van der Waals surface area contributed by atoms with Gasteiger partial charge >= 0.3 is 0 Å². The second-order valence-electron chi connectivity index (χ2n) is 3.00. The summed E-state index contributed by atoms with van der Waals surface area (Å²) in [6.45, 7) is 0. The van der Waals surface area contributed by atoms with Crippen molar-refractivity contribution < 1.29 is 9.53 Å². The van der Waals surface area contributed by atoms with E-state index in [9.17, 15) is 4.79 Å². The van der Waals surface area contributed by atoms with Crippen LogP contribution in [0.4, 0.5) is 5.95 Å². The number of methoxy groups -OCH3 is 1. The number of hydrogen-bond donors (Lipinski definition) is 2. The van der Waals surface area contributed by atoms with E-state index in [-0.39, 0.29) is 22.9 Å². The Labute approximate surface area is 101 Å². The van der Waals surface area contributed by atoms with Crippen molar-refractivity contribution >= 4 is 23.5 Å². The Balaban J connectivity index is 2.18. The summed E-state index contributed by atoms with van der Waals surface area (Å²) in [6.07, 6.45) is 2.84. The molecule has 17 heavy (non-hydrogen) atoms. The van der Waals surface area contributed by atoms with Crippen LogP contribution in [-0.2, 0) is 0 Å². The van der Waals surface area contributed by atoms with E-state index in [2.05, 4.69) is 25.5 Å². The molecule has 0 atom stereocenters. The molecular formula is C9H8ClN5O2. The monoisotopic (exact) mass is 253 g/mol. The van der Waals surface area contributed by atoms with Gasteiger partial charge in [-0.25, -0.2) is 4.98 Å². The molecule has 0 fully saturated rings. The Bertz CT molecular complexity index is 528. The van der Waals surface area contributed by atoms with Crippen LogP contribution in [0.3, 0.4) is 0 Å². The van der Waals surface area contributed by atoms with Crippen LogP contribution in [0.2, 0.25) is 5.15 Å². The maximum atomic E-state index is 11.7. The van der Waals surface area contributed by atoms with Gasteiger partial charge in [0.25, 0.3) is 5.91 Å². The van der Waals surface area contributed by atoms with Crippen LogP contribution in [0.25, 0.3) is 0 Å². The quantitative estimate of drug-likeness (QED) is 0.800. The van der Waals surface area contributed by atoms with Crippen LogP contribution in [0.15, 0.2) is 18.5 Å². The van der Waals surface area contributed by atoms with Gasteiger partial charge in [-0.1, -0.05) is 11.6 Å². The molecule has 2 rings (SSSR count). The van der Waals surface area contributed by atoms with Crippen LogP contribution in [0, 0.1) is 0 Å². The first-order valence-corrected chi connectivity index (χ1v) is 4.95. The number of amides is 1. The third-order valence-electron chi connectivity index (χ3n) is 1.87. The molecule has 2 heterocycles. The lowest BCUT2D eigenvalue weighted by molar-refractivity contribution is 0.102. The van der Waals surface area contributed by atoms with Crippen molar-refractivity contribution in [1.29, 1.82) is 0 Å². The van der Waals surface area contributed by atoms with Crippen LogP contribution < -0.4 is 10.1 Å². The number of aromatic nitrogens is 4. The Kier molecular flexibility index (Phi) is 3.20. The normalized spacial score (nSPS) is 10.0. The van der Waals surface area contributed by atoms with Gasteiger partial charge in [0, 0.05) is 12.3 Å². The van der Waals surface area contributed by atoms with Gasteiger partial charge in [0.15, 0.2) is 0 Å². The highest BCUT2D eigenvalue weighted by atomic mass is 35.5. The first-order chi connectivity index (χ1) is 8.19. The maximum absolute atomic E-state index is 11.7. The predicted molar refractivity (Wildman–Crippen MR) is 60.1 cm³/mol. The molecule has 2 aromatic rings. The number of halogens is 1. The molecule has 0 radical (unpaired) electrons. The van der Waals surface area contributed by atoms with E-state index in [1.54, 1.807) is 0 Å². The smallest absolute Gasteiger partial charge is 0.261 e. The average molecular weight is 254 g/mol. The number of nitrogens with one attached hydrogen (secondary N) is 2. The molecule has 8 heteroatoms. The van der Waals surface area contributed by atoms with Gasteiger partial charge in [0.05, 0.1) is 18.9 Å². The van der Waals surface area contributed by atoms with Gasteiger partial charge in [0.2, 0.25) is 11.8 Å². The van der Waals surface area contributed by atoms with E-state index in [0.29, 0.717) is 5.56 Å². The van der Waals surface area contributed by atoms with Crippen molar-refractivity contribution in [3.63, 3.8) is 0 Å². The van der Waals surface area contributed by atoms with Crippen molar-refractivity contribution in [1.82, 2.24) is 20.2 Å². The molecule has 1 amide bonds. The number of anilines is 1. The van der Waals surface area contributed by atoms with E-state index in [0.717, 1.165) is 0 Å². The Morgan fingerprint density at radius 3 is 3.00 bits per heavy atom. The first kappa shape index (κ1) is 11.3. The second kappa shape index (κ2) is 4.79. The molecule has 0 spiro atoms. The average Bonchev–Trinajstić information content (AvgIpc) is 2.81. The molecule has 0 saturated carbocycles. The number of aromatic amines is 1. The number of hydrogen-bond acceptors (Lipinski definition) is 5. The van der Waals surface area contributed by atoms with Gasteiger partial charge in [-0.3, -0.25) is 15.2 Å². The highest BCUT2D eigenvalue weighted by molar-refractivity contribution is 6.29. The van der Waals surface area contributed by atoms with Crippen LogP contribution >= 0.6 is 11.6 Å². The molecule has 0 aliphatic heterocycles. The molecule has 0 bridgehead atoms. The van der Waals surface area contributed by atoms with Crippen LogP contribution in [0.1, 0.15) is 10.4 Å². The third kappa shape index (κ3) is 2.70. The summed E-state index contributed by atoms with van der Waals surface area (Å²) >= 11 is 5.74. The molecule has 0 unspecified atom stereocenters. The zero-order chi connectivity index (χ0) is 12.3. The zero-order valence-electron chi connectivity index (χ0n) is 8.77. The zero-order valence-corrected chi connectivity index (χ0v) is 9.52. The molecule has 0 aromatic carbocycles. The lowest BCUT2D eigenvalue weighted by Crippen LogP contribution is -2.13. The molecule has 0 aliphatic rings. The van der Waals surface area contributed by atoms with E-state index in [1.807, 2.05) is 0 Å². The fourth-order valence-electron chi connectivity index (χ4n) is 1.11. The lowest BCUT2D eigenvalue weighted by atomic mass is 10.3. The number of carbonyl (C=O) groups is 1. The van der Waals surface area contributed by atoms with Gasteiger partial charge in [0.1, 0.15) is 5.15 Å². The maximum Gasteiger partial charge on any atom is 0.261 e. The molecule has 7 nitrogen and oxygen atoms in total. The minimum absolute atomic E-state index is 0.0700. The van der Waals surface area contributed by atoms with E-state index in [4.69, 9.17) is 16.3 Å². The largest absolute Gasteiger partial charge is 0.481 e. The number of rotatable bonds is 3. The SMILES string of the molecule is COc1cc(Cl)nc(NC(=O)c2cn[nH]c2)n1. The minimum atomic E-state index is -0.386. The molecule has 2 aromatic heterocycles. The standard InChI is InChI=1S/C9H8ClN5O2/c1-17-7-2-6(10)13-9(14-7)15-8(16)5-3-11-12-4-5/h2-4H,1H3,(H,11,12)(H,13,14,15,16). The van der Waals surface area contributed by atoms with Gasteiger partial charge in [-0.05, 0) is 0 Å². The van der Waals surface area contributed by atoms with Gasteiger partial charge < -0.3 is 4.74 Å². The first-order valence-electron chi connectivity index (χ1n) is 4.58. The summed E-state index contributed by atoms with van der Waals surface area (Å²) in [7, 11) is 1.44. The van der Waals surface area contributed by atoms with E-state index >= 15 is 0 Å². The van der Waals surface area contributed by atoms with Crippen LogP contribution in [0.5, 0.6) is 5.88 Å². The topological polar surface area (TPSA) is 92.8 Å². The lowest BCUT2D eigenvalue weighted by Gasteiger charge is -2.04. The minimum Gasteiger partial charge on any atom is -0.481 e. The Hall–Kier alpha value is -2.15. The Morgan fingerprint density at radius 2 is 2.35 bits per heavy atom. The molecule has 88 valence electrons. The van der Waals surface area contributed by atoms with Crippen molar-refractivity contribution in [2.45, 2.75) is 0 Å². The summed E-state index contributed by atoms with van der Waals surface area (Å²) < 4.78 is 4.90. The molecule has 2 N–H and O–H groups in total. The molecular weight excluding hydrogens is 246 g/mol. The number of nitrogens with zero attached hydrogens (tertiary/aromatic N) is 3. The van der Waals surface area contributed by atoms with Crippen molar-refractivity contribution in [3.05, 3.63) is 29.2 Å². The highest BCUT2D eigenvalue weighted by Gasteiger charge is 2.10. The summed E-state index contributed by atoms with van der Waals surface area (Å²) in [6, 6.07) is 1.44. The summed E-state index contributed by atoms with van der Waals surface area (Å²) in [5, 5.41) is 8.84. The Morgan fingerprint density at radius 1 is 1.53 bits per heavy atom. The molecule has 0 saturated heterocycles. The van der Waals surface area contributed by atoms with Crippen molar-refractivity contribution in [2.24, 2.45) is 0 Å². The summed E-state index contributed by atoms with van der Waals surface area (Å²) in [5.41, 5.74) is 0.368. The fraction of sp³-hybridized carbons (Fsp3) is 0.111. The summed E-state index contributed by atoms with van der Waals surface area (Å²) in [4.78, 5) is 19.4. The summed E-state index contributed by atoms with van der Waals surface area (Å²) in [5.74, 6) is -0.0453. The van der Waals surface area contributed by atoms with Gasteiger partial charge in [-0.15, -0.1) is 0 Å². The highest BCUT2D eigenvalue weighted by Crippen LogP contribution is 2.16. The number of H-pyrrole nitrogens is 1.